The molecule has 1 aliphatic rings. The van der Waals surface area contributed by atoms with Gasteiger partial charge < -0.3 is 10.4 Å². The average molecular weight is 259 g/mol. The Labute approximate surface area is 104 Å². The summed E-state index contributed by atoms with van der Waals surface area (Å²) in [5.41, 5.74) is -0.129. The van der Waals surface area contributed by atoms with Gasteiger partial charge in [0.2, 0.25) is 0 Å². The quantitative estimate of drug-likeness (QED) is 0.874. The third kappa shape index (κ3) is 3.23. The van der Waals surface area contributed by atoms with Gasteiger partial charge in [0.25, 0.3) is 0 Å². The first-order valence-electron chi connectivity index (χ1n) is 6.03. The van der Waals surface area contributed by atoms with Crippen LogP contribution in [0.25, 0.3) is 0 Å². The number of hydrogen-bond acceptors (Lipinski definition) is 2. The lowest BCUT2D eigenvalue weighted by Gasteiger charge is -2.16. The fourth-order valence-corrected chi connectivity index (χ4v) is 2.26. The van der Waals surface area contributed by atoms with E-state index in [0.717, 1.165) is 31.6 Å². The molecule has 1 aliphatic heterocycles. The van der Waals surface area contributed by atoms with Crippen LogP contribution in [0.4, 0.5) is 13.2 Å². The molecule has 1 fully saturated rings. The molecule has 5 heteroatoms. The lowest BCUT2D eigenvalue weighted by molar-refractivity contribution is -0.137. The molecule has 2 nitrogen and oxygen atoms in total. The van der Waals surface area contributed by atoms with Gasteiger partial charge in [-0.3, -0.25) is 0 Å². The molecule has 1 aromatic carbocycles. The summed E-state index contributed by atoms with van der Waals surface area (Å²) < 4.78 is 37.1. The first kappa shape index (κ1) is 13.4. The predicted molar refractivity (Wildman–Crippen MR) is 62.0 cm³/mol. The minimum Gasteiger partial charge on any atom is -0.388 e. The van der Waals surface area contributed by atoms with Crippen molar-refractivity contribution in [2.75, 3.05) is 13.1 Å². The van der Waals surface area contributed by atoms with Crippen molar-refractivity contribution >= 4 is 0 Å². The first-order valence-corrected chi connectivity index (χ1v) is 6.03. The minimum atomic E-state index is -4.32. The zero-order valence-corrected chi connectivity index (χ0v) is 9.87. The highest BCUT2D eigenvalue weighted by atomic mass is 19.4. The molecule has 0 saturated carbocycles. The smallest absolute Gasteiger partial charge is 0.388 e. The van der Waals surface area contributed by atoms with Gasteiger partial charge in [-0.25, -0.2) is 0 Å². The maximum atomic E-state index is 12.4. The van der Waals surface area contributed by atoms with Crippen LogP contribution < -0.4 is 5.32 Å². The number of nitrogens with one attached hydrogen (secondary N) is 1. The third-order valence-electron chi connectivity index (χ3n) is 3.34. The molecule has 2 unspecified atom stereocenters. The van der Waals surface area contributed by atoms with E-state index >= 15 is 0 Å². The molecule has 0 aliphatic carbocycles. The fraction of sp³-hybridized carbons (Fsp3) is 0.538. The second-order valence-electron chi connectivity index (χ2n) is 4.73. The van der Waals surface area contributed by atoms with Crippen molar-refractivity contribution in [3.63, 3.8) is 0 Å². The Morgan fingerprint density at radius 1 is 1.28 bits per heavy atom. The highest BCUT2D eigenvalue weighted by Gasteiger charge is 2.30. The molecule has 2 rings (SSSR count). The highest BCUT2D eigenvalue weighted by Crippen LogP contribution is 2.31. The van der Waals surface area contributed by atoms with E-state index < -0.39 is 17.8 Å². The maximum absolute atomic E-state index is 12.4. The normalized spacial score (nSPS) is 22.1. The van der Waals surface area contributed by atoms with Crippen LogP contribution in [0, 0.1) is 5.92 Å². The van der Waals surface area contributed by atoms with E-state index in [1.54, 1.807) is 0 Å². The summed E-state index contributed by atoms with van der Waals surface area (Å²) in [7, 11) is 0. The van der Waals surface area contributed by atoms with Crippen LogP contribution in [-0.4, -0.2) is 18.2 Å². The van der Waals surface area contributed by atoms with Gasteiger partial charge in [-0.1, -0.05) is 12.1 Å². The van der Waals surface area contributed by atoms with Gasteiger partial charge >= 0.3 is 6.18 Å². The Morgan fingerprint density at radius 3 is 2.44 bits per heavy atom. The maximum Gasteiger partial charge on any atom is 0.416 e. The summed E-state index contributed by atoms with van der Waals surface area (Å²) in [4.78, 5) is 0. The molecule has 1 aromatic rings. The topological polar surface area (TPSA) is 32.3 Å². The molecule has 18 heavy (non-hydrogen) atoms. The van der Waals surface area contributed by atoms with Crippen molar-refractivity contribution in [3.05, 3.63) is 35.4 Å². The Morgan fingerprint density at radius 2 is 1.94 bits per heavy atom. The molecular formula is C13H16F3NO. The summed E-state index contributed by atoms with van der Waals surface area (Å²) >= 11 is 0. The highest BCUT2D eigenvalue weighted by molar-refractivity contribution is 5.26. The molecule has 1 heterocycles. The summed E-state index contributed by atoms with van der Waals surface area (Å²) in [6.45, 7) is 1.82. The number of aliphatic hydroxyl groups excluding tert-OH is 1. The number of rotatable bonds is 3. The molecule has 0 aromatic heterocycles. The Kier molecular flexibility index (Phi) is 3.92. The van der Waals surface area contributed by atoms with Crippen LogP contribution in [0.2, 0.25) is 0 Å². The molecule has 1 saturated heterocycles. The van der Waals surface area contributed by atoms with Crippen LogP contribution in [0.5, 0.6) is 0 Å². The van der Waals surface area contributed by atoms with Gasteiger partial charge in [0.1, 0.15) is 0 Å². The van der Waals surface area contributed by atoms with Crippen LogP contribution >= 0.6 is 0 Å². The number of alkyl halides is 3. The SMILES string of the molecule is OC(CC1CCNC1)c1ccc(C(F)(F)F)cc1. The van der Waals surface area contributed by atoms with Gasteiger partial charge in [0.15, 0.2) is 0 Å². The van der Waals surface area contributed by atoms with Crippen LogP contribution in [0.3, 0.4) is 0 Å². The molecule has 0 radical (unpaired) electrons. The van der Waals surface area contributed by atoms with Crippen molar-refractivity contribution in [1.82, 2.24) is 5.32 Å². The van der Waals surface area contributed by atoms with Gasteiger partial charge in [0.05, 0.1) is 11.7 Å². The van der Waals surface area contributed by atoms with Crippen molar-refractivity contribution in [2.24, 2.45) is 5.92 Å². The molecule has 0 amide bonds. The lowest BCUT2D eigenvalue weighted by atomic mass is 9.96. The van der Waals surface area contributed by atoms with Crippen molar-refractivity contribution in [1.29, 1.82) is 0 Å². The van der Waals surface area contributed by atoms with Crippen LogP contribution in [0.1, 0.15) is 30.1 Å². The Bertz CT molecular complexity index is 382. The predicted octanol–water partition coefficient (Wildman–Crippen LogP) is 2.74. The van der Waals surface area contributed by atoms with E-state index in [1.807, 2.05) is 0 Å². The van der Waals surface area contributed by atoms with Crippen LogP contribution in [-0.2, 0) is 6.18 Å². The lowest BCUT2D eigenvalue weighted by Crippen LogP contribution is -2.12. The van der Waals surface area contributed by atoms with Crippen molar-refractivity contribution in [3.8, 4) is 0 Å². The second kappa shape index (κ2) is 5.28. The van der Waals surface area contributed by atoms with Gasteiger partial charge in [-0.05, 0) is 49.5 Å². The molecule has 2 N–H and O–H groups in total. The van der Waals surface area contributed by atoms with Crippen molar-refractivity contribution in [2.45, 2.75) is 25.1 Å². The van der Waals surface area contributed by atoms with E-state index in [2.05, 4.69) is 5.32 Å². The fourth-order valence-electron chi connectivity index (χ4n) is 2.26. The summed E-state index contributed by atoms with van der Waals surface area (Å²) in [5.74, 6) is 0.405. The van der Waals surface area contributed by atoms with E-state index in [0.29, 0.717) is 17.9 Å². The molecule has 0 spiro atoms. The Hall–Kier alpha value is -1.07. The number of hydrogen-bond donors (Lipinski definition) is 2. The zero-order chi connectivity index (χ0) is 13.2. The van der Waals surface area contributed by atoms with Crippen molar-refractivity contribution < 1.29 is 18.3 Å². The van der Waals surface area contributed by atoms with Crippen LogP contribution in [0.15, 0.2) is 24.3 Å². The second-order valence-corrected chi connectivity index (χ2v) is 4.73. The molecule has 100 valence electrons. The van der Waals surface area contributed by atoms with Gasteiger partial charge in [-0.2, -0.15) is 13.2 Å². The number of benzene rings is 1. The first-order chi connectivity index (χ1) is 8.47. The minimum absolute atomic E-state index is 0.405. The van der Waals surface area contributed by atoms with E-state index in [4.69, 9.17) is 0 Å². The van der Waals surface area contributed by atoms with E-state index in [1.165, 1.54) is 12.1 Å². The van der Waals surface area contributed by atoms with Gasteiger partial charge in [0, 0.05) is 0 Å². The number of aliphatic hydroxyl groups is 1. The average Bonchev–Trinajstić information content (AvgIpc) is 2.81. The van der Waals surface area contributed by atoms with Gasteiger partial charge in [-0.15, -0.1) is 0 Å². The number of halogens is 3. The molecule has 2 atom stereocenters. The largest absolute Gasteiger partial charge is 0.416 e. The summed E-state index contributed by atoms with van der Waals surface area (Å²) in [5, 5.41) is 13.2. The monoisotopic (exact) mass is 259 g/mol. The Balaban J connectivity index is 2.00. The summed E-state index contributed by atoms with van der Waals surface area (Å²) in [6.07, 6.45) is -3.40. The molecular weight excluding hydrogens is 243 g/mol. The van der Waals surface area contributed by atoms with E-state index in [9.17, 15) is 18.3 Å². The molecule has 0 bridgehead atoms. The zero-order valence-electron chi connectivity index (χ0n) is 9.87. The standard InChI is InChI=1S/C13H16F3NO/c14-13(15,16)11-3-1-10(2-4-11)12(18)7-9-5-6-17-8-9/h1-4,9,12,17-18H,5-8H2. The van der Waals surface area contributed by atoms with E-state index in [-0.39, 0.29) is 0 Å². The summed E-state index contributed by atoms with van der Waals surface area (Å²) in [6, 6.07) is 4.75. The third-order valence-corrected chi connectivity index (χ3v) is 3.34.